The summed E-state index contributed by atoms with van der Waals surface area (Å²) in [7, 11) is 2.13. The second-order valence-electron chi connectivity index (χ2n) is 6.43. The lowest BCUT2D eigenvalue weighted by Gasteiger charge is -2.27. The minimum Gasteiger partial charge on any atom is -0.389 e. The molecule has 2 N–H and O–H groups in total. The van der Waals surface area contributed by atoms with Gasteiger partial charge < -0.3 is 15.3 Å². The monoisotopic (exact) mass is 290 g/mol. The van der Waals surface area contributed by atoms with Crippen LogP contribution in [0.5, 0.6) is 0 Å². The molecule has 0 unspecified atom stereocenters. The molecule has 0 atom stereocenters. The molecule has 1 fully saturated rings. The van der Waals surface area contributed by atoms with E-state index in [4.69, 9.17) is 0 Å². The van der Waals surface area contributed by atoms with Crippen molar-refractivity contribution in [2.24, 2.45) is 0 Å². The van der Waals surface area contributed by atoms with E-state index >= 15 is 0 Å². The second kappa shape index (κ2) is 8.40. The molecule has 1 aliphatic rings. The Balaban J connectivity index is 1.61. The topological polar surface area (TPSA) is 35.5 Å². The maximum absolute atomic E-state index is 10.6. The van der Waals surface area contributed by atoms with Gasteiger partial charge in [-0.25, -0.2) is 0 Å². The number of para-hydroxylation sites is 1. The average Bonchev–Trinajstić information content (AvgIpc) is 2.73. The first kappa shape index (κ1) is 16.3. The van der Waals surface area contributed by atoms with Gasteiger partial charge in [0.1, 0.15) is 0 Å². The highest BCUT2D eigenvalue weighted by Gasteiger charge is 2.27. The number of anilines is 1. The molecule has 118 valence electrons. The molecule has 0 heterocycles. The Labute approximate surface area is 129 Å². The average molecular weight is 290 g/mol. The van der Waals surface area contributed by atoms with Gasteiger partial charge >= 0.3 is 0 Å². The van der Waals surface area contributed by atoms with Gasteiger partial charge in [0.05, 0.1) is 5.60 Å². The van der Waals surface area contributed by atoms with Gasteiger partial charge in [-0.2, -0.15) is 0 Å². The fourth-order valence-electron chi connectivity index (χ4n) is 3.14. The maximum atomic E-state index is 10.6. The summed E-state index contributed by atoms with van der Waals surface area (Å²) in [6.45, 7) is 2.76. The van der Waals surface area contributed by atoms with Crippen LogP contribution >= 0.6 is 0 Å². The van der Waals surface area contributed by atoms with Gasteiger partial charge in [-0.05, 0) is 37.9 Å². The van der Waals surface area contributed by atoms with Gasteiger partial charge in [0, 0.05) is 25.8 Å². The molecule has 1 saturated carbocycles. The quantitative estimate of drug-likeness (QED) is 0.598. The minimum atomic E-state index is -0.457. The normalized spacial score (nSPS) is 18.2. The van der Waals surface area contributed by atoms with Crippen molar-refractivity contribution >= 4 is 5.69 Å². The van der Waals surface area contributed by atoms with Gasteiger partial charge in [-0.1, -0.05) is 43.9 Å². The number of hydrogen-bond donors (Lipinski definition) is 2. The highest BCUT2D eigenvalue weighted by molar-refractivity contribution is 5.44. The van der Waals surface area contributed by atoms with E-state index in [9.17, 15) is 5.11 Å². The Bertz CT molecular complexity index is 385. The molecule has 3 heteroatoms. The molecule has 1 aromatic rings. The van der Waals surface area contributed by atoms with Crippen molar-refractivity contribution in [3.05, 3.63) is 30.3 Å². The van der Waals surface area contributed by atoms with Crippen molar-refractivity contribution in [1.82, 2.24) is 5.32 Å². The van der Waals surface area contributed by atoms with E-state index in [0.717, 1.165) is 38.9 Å². The van der Waals surface area contributed by atoms with Crippen LogP contribution in [0.1, 0.15) is 44.9 Å². The van der Waals surface area contributed by atoms with Crippen LogP contribution in [-0.2, 0) is 0 Å². The van der Waals surface area contributed by atoms with Crippen molar-refractivity contribution in [2.75, 3.05) is 31.6 Å². The summed E-state index contributed by atoms with van der Waals surface area (Å²) in [5, 5.41) is 14.0. The SMILES string of the molecule is CN(CCCNCC1(O)CCCCCC1)c1ccccc1. The Kier molecular flexibility index (Phi) is 6.52. The summed E-state index contributed by atoms with van der Waals surface area (Å²) in [5.41, 5.74) is 0.807. The van der Waals surface area contributed by atoms with Gasteiger partial charge in [0.15, 0.2) is 0 Å². The van der Waals surface area contributed by atoms with Crippen LogP contribution in [0, 0.1) is 0 Å². The number of nitrogens with one attached hydrogen (secondary N) is 1. The zero-order chi connectivity index (χ0) is 15.0. The molecule has 0 spiro atoms. The Morgan fingerprint density at radius 2 is 1.76 bits per heavy atom. The Morgan fingerprint density at radius 1 is 1.10 bits per heavy atom. The summed E-state index contributed by atoms with van der Waals surface area (Å²) < 4.78 is 0. The number of hydrogen-bond acceptors (Lipinski definition) is 3. The van der Waals surface area contributed by atoms with E-state index < -0.39 is 5.60 Å². The third-order valence-corrected chi connectivity index (χ3v) is 4.53. The van der Waals surface area contributed by atoms with E-state index in [-0.39, 0.29) is 0 Å². The van der Waals surface area contributed by atoms with Crippen molar-refractivity contribution in [3.63, 3.8) is 0 Å². The third kappa shape index (κ3) is 5.68. The molecule has 3 nitrogen and oxygen atoms in total. The van der Waals surface area contributed by atoms with Gasteiger partial charge in [0.2, 0.25) is 0 Å². The standard InChI is InChI=1S/C18H30N2O/c1-20(17-10-5-4-6-11-17)15-9-14-19-16-18(21)12-7-2-3-8-13-18/h4-6,10-11,19,21H,2-3,7-9,12-16H2,1H3. The Morgan fingerprint density at radius 3 is 2.43 bits per heavy atom. The third-order valence-electron chi connectivity index (χ3n) is 4.53. The molecule has 1 aromatic carbocycles. The van der Waals surface area contributed by atoms with Crippen molar-refractivity contribution < 1.29 is 5.11 Å². The van der Waals surface area contributed by atoms with E-state index in [0.29, 0.717) is 0 Å². The number of nitrogens with zero attached hydrogens (tertiary/aromatic N) is 1. The van der Waals surface area contributed by atoms with E-state index in [2.05, 4.69) is 41.5 Å². The van der Waals surface area contributed by atoms with Crippen LogP contribution in [0.2, 0.25) is 0 Å². The lowest BCUT2D eigenvalue weighted by molar-refractivity contribution is 0.0255. The highest BCUT2D eigenvalue weighted by atomic mass is 16.3. The molecular weight excluding hydrogens is 260 g/mol. The van der Waals surface area contributed by atoms with Crippen LogP contribution in [0.25, 0.3) is 0 Å². The van der Waals surface area contributed by atoms with Crippen LogP contribution < -0.4 is 10.2 Å². The second-order valence-corrected chi connectivity index (χ2v) is 6.43. The van der Waals surface area contributed by atoms with Crippen LogP contribution in [0.4, 0.5) is 5.69 Å². The molecule has 0 saturated heterocycles. The van der Waals surface area contributed by atoms with Gasteiger partial charge in [-0.15, -0.1) is 0 Å². The molecular formula is C18H30N2O. The molecule has 0 bridgehead atoms. The molecule has 0 aromatic heterocycles. The molecule has 0 amide bonds. The Hall–Kier alpha value is -1.06. The van der Waals surface area contributed by atoms with Crippen LogP contribution in [0.15, 0.2) is 30.3 Å². The summed E-state index contributed by atoms with van der Waals surface area (Å²) in [6, 6.07) is 10.5. The number of rotatable bonds is 7. The summed E-state index contributed by atoms with van der Waals surface area (Å²) in [4.78, 5) is 2.28. The first-order valence-electron chi connectivity index (χ1n) is 8.39. The first-order valence-corrected chi connectivity index (χ1v) is 8.39. The lowest BCUT2D eigenvalue weighted by atomic mass is 9.94. The van der Waals surface area contributed by atoms with Crippen molar-refractivity contribution in [2.45, 2.75) is 50.5 Å². The number of benzene rings is 1. The van der Waals surface area contributed by atoms with E-state index in [1.807, 2.05) is 6.07 Å². The van der Waals surface area contributed by atoms with Crippen LogP contribution in [-0.4, -0.2) is 37.4 Å². The first-order chi connectivity index (χ1) is 10.2. The number of aliphatic hydroxyl groups is 1. The maximum Gasteiger partial charge on any atom is 0.0771 e. The van der Waals surface area contributed by atoms with Crippen LogP contribution in [0.3, 0.4) is 0 Å². The highest BCUT2D eigenvalue weighted by Crippen LogP contribution is 2.26. The zero-order valence-corrected chi connectivity index (χ0v) is 13.4. The smallest absolute Gasteiger partial charge is 0.0771 e. The van der Waals surface area contributed by atoms with Crippen molar-refractivity contribution in [3.8, 4) is 0 Å². The largest absolute Gasteiger partial charge is 0.389 e. The zero-order valence-electron chi connectivity index (χ0n) is 13.4. The summed E-state index contributed by atoms with van der Waals surface area (Å²) in [5.74, 6) is 0. The van der Waals surface area contributed by atoms with E-state index in [1.54, 1.807) is 0 Å². The molecule has 2 rings (SSSR count). The van der Waals surface area contributed by atoms with E-state index in [1.165, 1.54) is 31.4 Å². The fourth-order valence-corrected chi connectivity index (χ4v) is 3.14. The minimum absolute atomic E-state index is 0.457. The molecule has 0 radical (unpaired) electrons. The van der Waals surface area contributed by atoms with Crippen molar-refractivity contribution in [1.29, 1.82) is 0 Å². The molecule has 21 heavy (non-hydrogen) atoms. The summed E-state index contributed by atoms with van der Waals surface area (Å²) in [6.07, 6.45) is 7.94. The predicted molar refractivity (Wildman–Crippen MR) is 89.9 cm³/mol. The molecule has 0 aliphatic heterocycles. The molecule has 1 aliphatic carbocycles. The predicted octanol–water partition coefficient (Wildman–Crippen LogP) is 3.19. The fraction of sp³-hybridized carbons (Fsp3) is 0.667. The lowest BCUT2D eigenvalue weighted by Crippen LogP contribution is -2.40. The summed E-state index contributed by atoms with van der Waals surface area (Å²) >= 11 is 0. The van der Waals surface area contributed by atoms with Gasteiger partial charge in [-0.3, -0.25) is 0 Å². The van der Waals surface area contributed by atoms with Gasteiger partial charge in [0.25, 0.3) is 0 Å².